The molecule has 102 valence electrons. The van der Waals surface area contributed by atoms with Crippen LogP contribution in [0.3, 0.4) is 0 Å². The zero-order chi connectivity index (χ0) is 13.9. The molecule has 0 aromatic heterocycles. The molecule has 4 nitrogen and oxygen atoms in total. The molecule has 0 spiro atoms. The van der Waals surface area contributed by atoms with Gasteiger partial charge in [0.05, 0.1) is 6.04 Å². The lowest BCUT2D eigenvalue weighted by molar-refractivity contribution is 0.259. The van der Waals surface area contributed by atoms with Crippen molar-refractivity contribution in [2.75, 3.05) is 16.4 Å². The van der Waals surface area contributed by atoms with Gasteiger partial charge in [-0.15, -0.1) is 11.8 Å². The number of fused-ring (bicyclic) bond motifs is 1. The number of carbonyl (C=O) groups is 1. The summed E-state index contributed by atoms with van der Waals surface area (Å²) < 4.78 is 0. The molecule has 1 aliphatic heterocycles. The molecule has 0 radical (unpaired) electrons. The van der Waals surface area contributed by atoms with Gasteiger partial charge in [0, 0.05) is 22.0 Å². The molecule has 0 saturated carbocycles. The maximum Gasteiger partial charge on any atom is 0.316 e. The van der Waals surface area contributed by atoms with Gasteiger partial charge in [-0.25, -0.2) is 4.79 Å². The van der Waals surface area contributed by atoms with E-state index >= 15 is 0 Å². The number of thioether (sulfide) groups is 1. The quantitative estimate of drug-likeness (QED) is 0.809. The number of amides is 2. The van der Waals surface area contributed by atoms with Crippen molar-refractivity contribution in [2.24, 2.45) is 5.73 Å². The van der Waals surface area contributed by atoms with Crippen LogP contribution in [-0.4, -0.2) is 11.8 Å². The van der Waals surface area contributed by atoms with Gasteiger partial charge < -0.3 is 16.4 Å². The SMILES string of the molecule is NC(=O)Nc1ccc(NC2CSc3ccccc32)cc1. The predicted molar refractivity (Wildman–Crippen MR) is 83.2 cm³/mol. The number of nitrogens with two attached hydrogens (primary N) is 1. The molecule has 1 atom stereocenters. The number of benzene rings is 2. The molecule has 1 unspecified atom stereocenters. The highest BCUT2D eigenvalue weighted by atomic mass is 32.2. The highest BCUT2D eigenvalue weighted by Crippen LogP contribution is 2.39. The number of urea groups is 1. The van der Waals surface area contributed by atoms with Gasteiger partial charge in [-0.1, -0.05) is 18.2 Å². The van der Waals surface area contributed by atoms with Crippen LogP contribution in [0.4, 0.5) is 16.2 Å². The van der Waals surface area contributed by atoms with Gasteiger partial charge in [-0.2, -0.15) is 0 Å². The van der Waals surface area contributed by atoms with E-state index in [1.165, 1.54) is 10.5 Å². The van der Waals surface area contributed by atoms with E-state index in [1.807, 2.05) is 36.0 Å². The minimum atomic E-state index is -0.549. The normalized spacial score (nSPS) is 16.5. The van der Waals surface area contributed by atoms with Crippen molar-refractivity contribution in [1.29, 1.82) is 0 Å². The van der Waals surface area contributed by atoms with Crippen molar-refractivity contribution in [3.63, 3.8) is 0 Å². The van der Waals surface area contributed by atoms with E-state index in [4.69, 9.17) is 5.73 Å². The molecule has 2 amide bonds. The van der Waals surface area contributed by atoms with Crippen LogP contribution in [0.1, 0.15) is 11.6 Å². The van der Waals surface area contributed by atoms with Gasteiger partial charge in [-0.3, -0.25) is 0 Å². The number of primary amides is 1. The summed E-state index contributed by atoms with van der Waals surface area (Å²) in [5.41, 5.74) is 8.15. The Labute approximate surface area is 121 Å². The lowest BCUT2D eigenvalue weighted by atomic mass is 10.1. The molecule has 0 aliphatic carbocycles. The first-order valence-corrected chi connectivity index (χ1v) is 7.36. The van der Waals surface area contributed by atoms with E-state index in [0.29, 0.717) is 11.7 Å². The number of hydrogen-bond acceptors (Lipinski definition) is 3. The second-order valence-electron chi connectivity index (χ2n) is 4.61. The van der Waals surface area contributed by atoms with Crippen LogP contribution in [0.25, 0.3) is 0 Å². The number of hydrogen-bond donors (Lipinski definition) is 3. The molecular weight excluding hydrogens is 270 g/mol. The molecule has 2 aromatic carbocycles. The van der Waals surface area contributed by atoms with E-state index in [0.717, 1.165) is 11.4 Å². The number of rotatable bonds is 3. The fraction of sp³-hybridized carbons (Fsp3) is 0.133. The van der Waals surface area contributed by atoms with E-state index in [-0.39, 0.29) is 0 Å². The van der Waals surface area contributed by atoms with Crippen molar-refractivity contribution < 1.29 is 4.79 Å². The Morgan fingerprint density at radius 3 is 2.55 bits per heavy atom. The third-order valence-electron chi connectivity index (χ3n) is 3.19. The fourth-order valence-electron chi connectivity index (χ4n) is 2.28. The van der Waals surface area contributed by atoms with Crippen LogP contribution in [0.15, 0.2) is 53.4 Å². The van der Waals surface area contributed by atoms with Crippen molar-refractivity contribution in [3.8, 4) is 0 Å². The Balaban J connectivity index is 1.71. The minimum Gasteiger partial charge on any atom is -0.377 e. The fourth-order valence-corrected chi connectivity index (χ4v) is 3.44. The van der Waals surface area contributed by atoms with Crippen LogP contribution >= 0.6 is 11.8 Å². The van der Waals surface area contributed by atoms with Gasteiger partial charge in [0.15, 0.2) is 0 Å². The topological polar surface area (TPSA) is 67.2 Å². The molecule has 2 aromatic rings. The molecule has 1 aliphatic rings. The summed E-state index contributed by atoms with van der Waals surface area (Å²) in [6, 6.07) is 15.8. The molecule has 4 N–H and O–H groups in total. The van der Waals surface area contributed by atoms with Crippen LogP contribution in [-0.2, 0) is 0 Å². The Kier molecular flexibility index (Phi) is 3.52. The summed E-state index contributed by atoms with van der Waals surface area (Å²) >= 11 is 1.87. The Morgan fingerprint density at radius 2 is 1.80 bits per heavy atom. The first-order valence-electron chi connectivity index (χ1n) is 6.37. The van der Waals surface area contributed by atoms with Gasteiger partial charge >= 0.3 is 6.03 Å². The van der Waals surface area contributed by atoms with Gasteiger partial charge in [-0.05, 0) is 35.9 Å². The zero-order valence-corrected chi connectivity index (χ0v) is 11.6. The smallest absolute Gasteiger partial charge is 0.316 e. The standard InChI is InChI=1S/C15H15N3OS/c16-15(19)18-11-7-5-10(6-8-11)17-13-9-20-14-4-2-1-3-12(13)14/h1-8,13,17H,9H2,(H3,16,18,19). The maximum absolute atomic E-state index is 10.8. The number of nitrogens with one attached hydrogen (secondary N) is 2. The van der Waals surface area contributed by atoms with Crippen LogP contribution in [0, 0.1) is 0 Å². The largest absolute Gasteiger partial charge is 0.377 e. The first kappa shape index (κ1) is 12.9. The molecule has 20 heavy (non-hydrogen) atoms. The van der Waals surface area contributed by atoms with Crippen molar-refractivity contribution in [2.45, 2.75) is 10.9 Å². The second kappa shape index (κ2) is 5.46. The van der Waals surface area contributed by atoms with E-state index in [9.17, 15) is 4.79 Å². The van der Waals surface area contributed by atoms with Crippen molar-refractivity contribution >= 4 is 29.2 Å². The first-order chi connectivity index (χ1) is 9.72. The molecule has 5 heteroatoms. The van der Waals surface area contributed by atoms with Crippen molar-refractivity contribution in [3.05, 3.63) is 54.1 Å². The summed E-state index contributed by atoms with van der Waals surface area (Å²) in [4.78, 5) is 12.1. The molecule has 0 bridgehead atoms. The van der Waals surface area contributed by atoms with Crippen LogP contribution in [0.5, 0.6) is 0 Å². The maximum atomic E-state index is 10.8. The highest BCUT2D eigenvalue weighted by Gasteiger charge is 2.22. The molecule has 1 heterocycles. The average molecular weight is 285 g/mol. The Bertz CT molecular complexity index is 627. The Morgan fingerprint density at radius 1 is 1.10 bits per heavy atom. The molecule has 0 fully saturated rings. The van der Waals surface area contributed by atoms with Gasteiger partial charge in [0.1, 0.15) is 0 Å². The molecular formula is C15H15N3OS. The molecule has 0 saturated heterocycles. The summed E-state index contributed by atoms with van der Waals surface area (Å²) in [6.07, 6.45) is 0. The zero-order valence-electron chi connectivity index (χ0n) is 10.8. The second-order valence-corrected chi connectivity index (χ2v) is 5.67. The lowest BCUT2D eigenvalue weighted by Crippen LogP contribution is -2.19. The van der Waals surface area contributed by atoms with Gasteiger partial charge in [0.2, 0.25) is 0 Å². The summed E-state index contributed by atoms with van der Waals surface area (Å²) in [7, 11) is 0. The van der Waals surface area contributed by atoms with E-state index in [2.05, 4.69) is 34.9 Å². The summed E-state index contributed by atoms with van der Waals surface area (Å²) in [5.74, 6) is 1.03. The summed E-state index contributed by atoms with van der Waals surface area (Å²) in [6.45, 7) is 0. The van der Waals surface area contributed by atoms with E-state index in [1.54, 1.807) is 0 Å². The van der Waals surface area contributed by atoms with Crippen LogP contribution in [0.2, 0.25) is 0 Å². The summed E-state index contributed by atoms with van der Waals surface area (Å²) in [5, 5.41) is 6.06. The van der Waals surface area contributed by atoms with Crippen molar-refractivity contribution in [1.82, 2.24) is 0 Å². The monoisotopic (exact) mass is 285 g/mol. The Hall–Kier alpha value is -2.14. The number of anilines is 2. The lowest BCUT2D eigenvalue weighted by Gasteiger charge is -2.15. The number of carbonyl (C=O) groups excluding carboxylic acids is 1. The molecule has 3 rings (SSSR count). The predicted octanol–water partition coefficient (Wildman–Crippen LogP) is 3.44. The minimum absolute atomic E-state index is 0.325. The third kappa shape index (κ3) is 2.72. The van der Waals surface area contributed by atoms with E-state index < -0.39 is 6.03 Å². The van der Waals surface area contributed by atoms with Gasteiger partial charge in [0.25, 0.3) is 0 Å². The van der Waals surface area contributed by atoms with Crippen LogP contribution < -0.4 is 16.4 Å². The highest BCUT2D eigenvalue weighted by molar-refractivity contribution is 7.99. The third-order valence-corrected chi connectivity index (χ3v) is 4.38. The average Bonchev–Trinajstić information content (AvgIpc) is 2.84.